The highest BCUT2D eigenvalue weighted by Crippen LogP contribution is 2.12. The molecule has 0 amide bonds. The first kappa shape index (κ1) is 13.7. The summed E-state index contributed by atoms with van der Waals surface area (Å²) < 4.78 is 9.09. The molecule has 0 aliphatic rings. The van der Waals surface area contributed by atoms with Gasteiger partial charge in [0.1, 0.15) is 5.92 Å². The van der Waals surface area contributed by atoms with E-state index in [1.807, 2.05) is 6.07 Å². The highest BCUT2D eigenvalue weighted by atomic mass is 16.5. The Hall–Kier alpha value is -2.35. The summed E-state index contributed by atoms with van der Waals surface area (Å²) in [6, 6.07) is 8.42. The first-order valence-corrected chi connectivity index (χ1v) is 5.27. The van der Waals surface area contributed by atoms with Crippen molar-refractivity contribution in [3.05, 3.63) is 35.4 Å². The Kier molecular flexibility index (Phi) is 4.88. The molecule has 0 radical (unpaired) electrons. The van der Waals surface area contributed by atoms with Crippen molar-refractivity contribution in [3.8, 4) is 6.07 Å². The smallest absolute Gasteiger partial charge is 0.337 e. The minimum atomic E-state index is -0.834. The van der Waals surface area contributed by atoms with Crippen LogP contribution in [-0.2, 0) is 20.7 Å². The van der Waals surface area contributed by atoms with Crippen LogP contribution in [0.5, 0.6) is 0 Å². The topological polar surface area (TPSA) is 76.4 Å². The van der Waals surface area contributed by atoms with Crippen LogP contribution in [0.2, 0.25) is 0 Å². The van der Waals surface area contributed by atoms with E-state index in [0.29, 0.717) is 5.56 Å². The first-order valence-electron chi connectivity index (χ1n) is 5.27. The number of esters is 2. The lowest BCUT2D eigenvalue weighted by Gasteiger charge is -2.07. The van der Waals surface area contributed by atoms with Gasteiger partial charge in [-0.15, -0.1) is 0 Å². The monoisotopic (exact) mass is 247 g/mol. The third-order valence-corrected chi connectivity index (χ3v) is 2.46. The Morgan fingerprint density at radius 1 is 1.22 bits per heavy atom. The van der Waals surface area contributed by atoms with Crippen molar-refractivity contribution in [3.63, 3.8) is 0 Å². The zero-order valence-corrected chi connectivity index (χ0v) is 10.2. The number of rotatable bonds is 4. The maximum absolute atomic E-state index is 11.3. The van der Waals surface area contributed by atoms with Crippen LogP contribution in [0.3, 0.4) is 0 Å². The van der Waals surface area contributed by atoms with Crippen molar-refractivity contribution >= 4 is 11.9 Å². The van der Waals surface area contributed by atoms with Gasteiger partial charge < -0.3 is 9.47 Å². The molecular weight excluding hydrogens is 234 g/mol. The molecule has 0 spiro atoms. The van der Waals surface area contributed by atoms with Crippen LogP contribution in [-0.4, -0.2) is 26.2 Å². The second kappa shape index (κ2) is 6.40. The normalized spacial score (nSPS) is 11.2. The summed E-state index contributed by atoms with van der Waals surface area (Å²) in [5.41, 5.74) is 1.20. The number of nitriles is 1. The van der Waals surface area contributed by atoms with Crippen LogP contribution < -0.4 is 0 Å². The number of hydrogen-bond donors (Lipinski definition) is 0. The van der Waals surface area contributed by atoms with Gasteiger partial charge in [-0.05, 0) is 24.1 Å². The van der Waals surface area contributed by atoms with E-state index < -0.39 is 17.9 Å². The zero-order chi connectivity index (χ0) is 13.5. The van der Waals surface area contributed by atoms with Gasteiger partial charge in [0.15, 0.2) is 0 Å². The molecule has 0 bridgehead atoms. The zero-order valence-electron chi connectivity index (χ0n) is 10.2. The molecule has 0 aliphatic heterocycles. The van der Waals surface area contributed by atoms with E-state index >= 15 is 0 Å². The van der Waals surface area contributed by atoms with E-state index in [1.165, 1.54) is 14.2 Å². The van der Waals surface area contributed by atoms with Crippen LogP contribution in [0.15, 0.2) is 24.3 Å². The van der Waals surface area contributed by atoms with Crippen molar-refractivity contribution in [2.75, 3.05) is 14.2 Å². The number of ether oxygens (including phenoxy) is 2. The van der Waals surface area contributed by atoms with E-state index in [0.717, 1.165) is 5.56 Å². The number of methoxy groups -OCH3 is 2. The molecule has 1 aromatic carbocycles. The number of carbonyl (C=O) groups excluding carboxylic acids is 2. The van der Waals surface area contributed by atoms with Crippen molar-refractivity contribution in [2.45, 2.75) is 6.42 Å². The number of nitrogens with zero attached hydrogens (tertiary/aromatic N) is 1. The molecule has 0 heterocycles. The van der Waals surface area contributed by atoms with Gasteiger partial charge in [0.05, 0.1) is 25.9 Å². The minimum Gasteiger partial charge on any atom is -0.468 e. The lowest BCUT2D eigenvalue weighted by molar-refractivity contribution is -0.143. The molecule has 0 saturated heterocycles. The van der Waals surface area contributed by atoms with Gasteiger partial charge in [-0.25, -0.2) is 4.79 Å². The van der Waals surface area contributed by atoms with Gasteiger partial charge in [-0.3, -0.25) is 4.79 Å². The quantitative estimate of drug-likeness (QED) is 0.750. The van der Waals surface area contributed by atoms with Crippen LogP contribution in [0.1, 0.15) is 15.9 Å². The molecule has 1 unspecified atom stereocenters. The fourth-order valence-corrected chi connectivity index (χ4v) is 1.45. The summed E-state index contributed by atoms with van der Waals surface area (Å²) >= 11 is 0. The summed E-state index contributed by atoms with van der Waals surface area (Å²) in [5.74, 6) is -1.82. The average Bonchev–Trinajstić information content (AvgIpc) is 2.43. The second-order valence-corrected chi connectivity index (χ2v) is 3.60. The maximum atomic E-state index is 11.3. The Morgan fingerprint density at radius 3 is 2.28 bits per heavy atom. The number of carbonyl (C=O) groups is 2. The number of hydrogen-bond acceptors (Lipinski definition) is 5. The molecule has 0 N–H and O–H groups in total. The molecule has 94 valence electrons. The molecule has 1 atom stereocenters. The van der Waals surface area contributed by atoms with Gasteiger partial charge >= 0.3 is 11.9 Å². The third kappa shape index (κ3) is 3.32. The highest BCUT2D eigenvalue weighted by molar-refractivity contribution is 5.89. The molecule has 0 saturated carbocycles. The predicted octanol–water partition coefficient (Wildman–Crippen LogP) is 1.33. The summed E-state index contributed by atoms with van der Waals surface area (Å²) in [6.07, 6.45) is 0.255. The molecule has 18 heavy (non-hydrogen) atoms. The van der Waals surface area contributed by atoms with Crippen LogP contribution >= 0.6 is 0 Å². The average molecular weight is 247 g/mol. The standard InChI is InChI=1S/C13H13NO4/c1-17-12(15)10-5-3-9(4-6-10)7-11(8-14)13(16)18-2/h3-6,11H,7H2,1-2H3. The molecule has 1 aromatic rings. The van der Waals surface area contributed by atoms with Crippen molar-refractivity contribution in [1.82, 2.24) is 0 Å². The lowest BCUT2D eigenvalue weighted by atomic mass is 10.00. The molecule has 5 heteroatoms. The van der Waals surface area contributed by atoms with Gasteiger partial charge in [-0.2, -0.15) is 5.26 Å². The molecule has 5 nitrogen and oxygen atoms in total. The van der Waals surface area contributed by atoms with E-state index in [9.17, 15) is 9.59 Å². The number of benzene rings is 1. The van der Waals surface area contributed by atoms with Gasteiger partial charge in [0.25, 0.3) is 0 Å². The third-order valence-electron chi connectivity index (χ3n) is 2.46. The predicted molar refractivity (Wildman–Crippen MR) is 62.6 cm³/mol. The van der Waals surface area contributed by atoms with Crippen molar-refractivity contribution < 1.29 is 19.1 Å². The van der Waals surface area contributed by atoms with Crippen LogP contribution in [0, 0.1) is 17.2 Å². The fraction of sp³-hybridized carbons (Fsp3) is 0.308. The van der Waals surface area contributed by atoms with Crippen LogP contribution in [0.4, 0.5) is 0 Å². The largest absolute Gasteiger partial charge is 0.468 e. The summed E-state index contributed by atoms with van der Waals surface area (Å²) in [7, 11) is 2.55. The Labute approximate surface area is 105 Å². The van der Waals surface area contributed by atoms with E-state index in [1.54, 1.807) is 24.3 Å². The Bertz CT molecular complexity index is 473. The Morgan fingerprint density at radius 2 is 1.83 bits per heavy atom. The summed E-state index contributed by atoms with van der Waals surface area (Å²) in [4.78, 5) is 22.5. The minimum absolute atomic E-state index is 0.255. The van der Waals surface area contributed by atoms with Gasteiger partial charge in [-0.1, -0.05) is 12.1 Å². The van der Waals surface area contributed by atoms with Gasteiger partial charge in [0, 0.05) is 0 Å². The fourth-order valence-electron chi connectivity index (χ4n) is 1.45. The maximum Gasteiger partial charge on any atom is 0.337 e. The van der Waals surface area contributed by atoms with E-state index in [4.69, 9.17) is 5.26 Å². The van der Waals surface area contributed by atoms with Crippen molar-refractivity contribution in [2.24, 2.45) is 5.92 Å². The van der Waals surface area contributed by atoms with Crippen molar-refractivity contribution in [1.29, 1.82) is 5.26 Å². The van der Waals surface area contributed by atoms with Crippen LogP contribution in [0.25, 0.3) is 0 Å². The molecule has 1 rings (SSSR count). The van der Waals surface area contributed by atoms with Gasteiger partial charge in [0.2, 0.25) is 0 Å². The summed E-state index contributed by atoms with van der Waals surface area (Å²) in [5, 5.41) is 8.84. The Balaban J connectivity index is 2.77. The van der Waals surface area contributed by atoms with E-state index in [2.05, 4.69) is 9.47 Å². The second-order valence-electron chi connectivity index (χ2n) is 3.60. The molecular formula is C13H13NO4. The lowest BCUT2D eigenvalue weighted by Crippen LogP contribution is -2.16. The molecule has 0 fully saturated rings. The molecule has 0 aromatic heterocycles. The van der Waals surface area contributed by atoms with E-state index in [-0.39, 0.29) is 6.42 Å². The first-order chi connectivity index (χ1) is 8.62. The summed E-state index contributed by atoms with van der Waals surface area (Å²) in [6.45, 7) is 0. The SMILES string of the molecule is COC(=O)c1ccc(CC(C#N)C(=O)OC)cc1. The highest BCUT2D eigenvalue weighted by Gasteiger charge is 2.19. The molecule has 0 aliphatic carbocycles.